The first kappa shape index (κ1) is 11.2. The van der Waals surface area contributed by atoms with Gasteiger partial charge in [-0.2, -0.15) is 0 Å². The van der Waals surface area contributed by atoms with E-state index in [1.165, 1.54) is 6.42 Å². The molecule has 1 fully saturated rings. The Kier molecular flexibility index (Phi) is 4.63. The third kappa shape index (κ3) is 3.48. The first-order chi connectivity index (χ1) is 6.74. The number of esters is 1. The van der Waals surface area contributed by atoms with E-state index in [0.29, 0.717) is 37.6 Å². The molecule has 0 spiro atoms. The van der Waals surface area contributed by atoms with E-state index in [1.54, 1.807) is 6.92 Å². The molecule has 1 rings (SSSR count). The second kappa shape index (κ2) is 5.78. The molecular formula is C11H18O3. The van der Waals surface area contributed by atoms with Crippen molar-refractivity contribution >= 4 is 11.8 Å². The first-order valence-corrected chi connectivity index (χ1v) is 5.42. The van der Waals surface area contributed by atoms with E-state index in [0.717, 1.165) is 12.8 Å². The number of hydrogen-bond acceptors (Lipinski definition) is 3. The van der Waals surface area contributed by atoms with Crippen LogP contribution in [0.15, 0.2) is 0 Å². The predicted octanol–water partition coefficient (Wildman–Crippen LogP) is 2.09. The van der Waals surface area contributed by atoms with Crippen LogP contribution in [0.5, 0.6) is 0 Å². The van der Waals surface area contributed by atoms with Gasteiger partial charge < -0.3 is 4.74 Å². The molecule has 1 aliphatic rings. The number of carbonyl (C=O) groups excluding carboxylic acids is 2. The van der Waals surface area contributed by atoms with Crippen molar-refractivity contribution in [3.63, 3.8) is 0 Å². The zero-order chi connectivity index (χ0) is 10.4. The summed E-state index contributed by atoms with van der Waals surface area (Å²) in [6.07, 6.45) is 4.87. The van der Waals surface area contributed by atoms with Crippen molar-refractivity contribution in [1.82, 2.24) is 0 Å². The molecule has 3 heteroatoms. The number of ketones is 1. The van der Waals surface area contributed by atoms with Crippen molar-refractivity contribution in [1.29, 1.82) is 0 Å². The van der Waals surface area contributed by atoms with Gasteiger partial charge in [0.05, 0.1) is 6.61 Å². The van der Waals surface area contributed by atoms with E-state index in [1.807, 2.05) is 0 Å². The maximum absolute atomic E-state index is 11.4. The van der Waals surface area contributed by atoms with Crippen LogP contribution in [0.25, 0.3) is 0 Å². The van der Waals surface area contributed by atoms with E-state index in [-0.39, 0.29) is 5.97 Å². The highest BCUT2D eigenvalue weighted by molar-refractivity contribution is 5.82. The average molecular weight is 198 g/mol. The predicted molar refractivity (Wildman–Crippen MR) is 52.8 cm³/mol. The summed E-state index contributed by atoms with van der Waals surface area (Å²) in [7, 11) is 0. The maximum Gasteiger partial charge on any atom is 0.305 e. The molecule has 0 unspecified atom stereocenters. The van der Waals surface area contributed by atoms with Crippen molar-refractivity contribution in [2.24, 2.45) is 5.92 Å². The Balaban J connectivity index is 2.02. The van der Waals surface area contributed by atoms with E-state index < -0.39 is 0 Å². The van der Waals surface area contributed by atoms with Crippen LogP contribution < -0.4 is 0 Å². The molecule has 1 aliphatic carbocycles. The Morgan fingerprint density at radius 1 is 1.29 bits per heavy atom. The van der Waals surface area contributed by atoms with Crippen LogP contribution in [0, 0.1) is 5.92 Å². The Labute approximate surface area is 84.8 Å². The maximum atomic E-state index is 11.4. The van der Waals surface area contributed by atoms with Crippen LogP contribution in [0.2, 0.25) is 0 Å². The molecule has 0 N–H and O–H groups in total. The molecule has 1 saturated carbocycles. The van der Waals surface area contributed by atoms with Crippen molar-refractivity contribution in [2.45, 2.75) is 45.4 Å². The number of rotatable bonds is 6. The van der Waals surface area contributed by atoms with Gasteiger partial charge in [0, 0.05) is 18.8 Å². The molecular weight excluding hydrogens is 180 g/mol. The lowest BCUT2D eigenvalue weighted by atomic mass is 9.81. The normalized spacial score (nSPS) is 16.1. The van der Waals surface area contributed by atoms with Gasteiger partial charge in [0.15, 0.2) is 0 Å². The minimum absolute atomic E-state index is 0.186. The summed E-state index contributed by atoms with van der Waals surface area (Å²) < 4.78 is 4.77. The molecule has 0 aromatic rings. The zero-order valence-electron chi connectivity index (χ0n) is 8.75. The van der Waals surface area contributed by atoms with Crippen LogP contribution in [0.3, 0.4) is 0 Å². The van der Waals surface area contributed by atoms with Crippen LogP contribution >= 0.6 is 0 Å². The highest BCUT2D eigenvalue weighted by atomic mass is 16.5. The number of carbonyl (C=O) groups is 2. The quantitative estimate of drug-likeness (QED) is 0.614. The van der Waals surface area contributed by atoms with Gasteiger partial charge in [0.2, 0.25) is 0 Å². The Hall–Kier alpha value is -0.860. The summed E-state index contributed by atoms with van der Waals surface area (Å²) in [6, 6.07) is 0. The van der Waals surface area contributed by atoms with Crippen molar-refractivity contribution < 1.29 is 14.3 Å². The third-order valence-electron chi connectivity index (χ3n) is 2.67. The van der Waals surface area contributed by atoms with Gasteiger partial charge in [0.1, 0.15) is 5.78 Å². The molecule has 0 amide bonds. The van der Waals surface area contributed by atoms with Crippen LogP contribution in [0.1, 0.15) is 45.4 Å². The molecule has 0 radical (unpaired) electrons. The molecule has 0 bridgehead atoms. The molecule has 0 aromatic carbocycles. The fraction of sp³-hybridized carbons (Fsp3) is 0.818. The smallest absolute Gasteiger partial charge is 0.305 e. The van der Waals surface area contributed by atoms with E-state index in [2.05, 4.69) is 0 Å². The van der Waals surface area contributed by atoms with Crippen molar-refractivity contribution in [3.8, 4) is 0 Å². The van der Waals surface area contributed by atoms with Gasteiger partial charge >= 0.3 is 5.97 Å². The monoisotopic (exact) mass is 198 g/mol. The Morgan fingerprint density at radius 3 is 2.50 bits per heavy atom. The summed E-state index contributed by atoms with van der Waals surface area (Å²) in [5, 5.41) is 0. The average Bonchev–Trinajstić information content (AvgIpc) is 2.01. The van der Waals surface area contributed by atoms with Gasteiger partial charge in [-0.25, -0.2) is 0 Å². The molecule has 0 aliphatic heterocycles. The second-order valence-corrected chi connectivity index (χ2v) is 3.75. The summed E-state index contributed by atoms with van der Waals surface area (Å²) in [4.78, 5) is 22.4. The van der Waals surface area contributed by atoms with E-state index in [4.69, 9.17) is 4.74 Å². The fourth-order valence-corrected chi connectivity index (χ4v) is 1.57. The number of Topliss-reactive ketones (excluding diaryl/α,β-unsaturated/α-hetero) is 1. The molecule has 80 valence electrons. The van der Waals surface area contributed by atoms with Gasteiger partial charge in [-0.1, -0.05) is 6.42 Å². The van der Waals surface area contributed by atoms with Crippen LogP contribution in [0.4, 0.5) is 0 Å². The van der Waals surface area contributed by atoms with E-state index in [9.17, 15) is 9.59 Å². The van der Waals surface area contributed by atoms with Crippen LogP contribution in [-0.2, 0) is 14.3 Å². The Morgan fingerprint density at radius 2 is 2.00 bits per heavy atom. The molecule has 0 atom stereocenters. The lowest BCUT2D eigenvalue weighted by molar-refractivity contribution is -0.143. The SMILES string of the molecule is CCOC(=O)CCCC(=O)C1CCC1. The summed E-state index contributed by atoms with van der Waals surface area (Å²) >= 11 is 0. The summed E-state index contributed by atoms with van der Waals surface area (Å²) in [5.74, 6) is 0.451. The van der Waals surface area contributed by atoms with Gasteiger partial charge in [0.25, 0.3) is 0 Å². The summed E-state index contributed by atoms with van der Waals surface area (Å²) in [6.45, 7) is 2.22. The minimum atomic E-state index is -0.186. The Bertz CT molecular complexity index is 207. The second-order valence-electron chi connectivity index (χ2n) is 3.75. The molecule has 14 heavy (non-hydrogen) atoms. The standard InChI is InChI=1S/C11H18O3/c1-2-14-11(13)8-4-7-10(12)9-5-3-6-9/h9H,2-8H2,1H3. The molecule has 0 saturated heterocycles. The highest BCUT2D eigenvalue weighted by Crippen LogP contribution is 2.28. The topological polar surface area (TPSA) is 43.4 Å². The van der Waals surface area contributed by atoms with Gasteiger partial charge in [-0.05, 0) is 26.2 Å². The minimum Gasteiger partial charge on any atom is -0.466 e. The summed E-state index contributed by atoms with van der Waals surface area (Å²) in [5.41, 5.74) is 0. The first-order valence-electron chi connectivity index (χ1n) is 5.42. The zero-order valence-corrected chi connectivity index (χ0v) is 8.75. The van der Waals surface area contributed by atoms with Gasteiger partial charge in [-0.3, -0.25) is 9.59 Å². The molecule has 0 aromatic heterocycles. The van der Waals surface area contributed by atoms with Crippen molar-refractivity contribution in [3.05, 3.63) is 0 Å². The largest absolute Gasteiger partial charge is 0.466 e. The number of hydrogen-bond donors (Lipinski definition) is 0. The van der Waals surface area contributed by atoms with Crippen LogP contribution in [-0.4, -0.2) is 18.4 Å². The third-order valence-corrected chi connectivity index (χ3v) is 2.67. The lowest BCUT2D eigenvalue weighted by Gasteiger charge is -2.23. The van der Waals surface area contributed by atoms with E-state index >= 15 is 0 Å². The molecule has 3 nitrogen and oxygen atoms in total. The number of ether oxygens (including phenoxy) is 1. The van der Waals surface area contributed by atoms with Gasteiger partial charge in [-0.15, -0.1) is 0 Å². The molecule has 0 heterocycles. The van der Waals surface area contributed by atoms with Crippen molar-refractivity contribution in [2.75, 3.05) is 6.61 Å². The fourth-order valence-electron chi connectivity index (χ4n) is 1.57. The highest BCUT2D eigenvalue weighted by Gasteiger charge is 2.24. The lowest BCUT2D eigenvalue weighted by Crippen LogP contribution is -2.21.